The maximum atomic E-state index is 13.0. The van der Waals surface area contributed by atoms with Gasteiger partial charge in [-0.25, -0.2) is 18.4 Å². The monoisotopic (exact) mass is 390 g/mol. The van der Waals surface area contributed by atoms with Gasteiger partial charge in [0.15, 0.2) is 0 Å². The molecule has 7 nitrogen and oxygen atoms in total. The van der Waals surface area contributed by atoms with E-state index in [9.17, 15) is 8.42 Å². The number of nitrogens with zero attached hydrogens (tertiary/aromatic N) is 4. The van der Waals surface area contributed by atoms with Crippen LogP contribution in [0, 0.1) is 6.92 Å². The molecule has 0 saturated carbocycles. The molecule has 0 atom stereocenters. The van der Waals surface area contributed by atoms with Crippen molar-refractivity contribution in [2.24, 2.45) is 0 Å². The summed E-state index contributed by atoms with van der Waals surface area (Å²) >= 11 is 0. The lowest BCUT2D eigenvalue weighted by Crippen LogP contribution is -2.35. The summed E-state index contributed by atoms with van der Waals surface area (Å²) in [6.07, 6.45) is 1.60. The molecule has 1 aliphatic rings. The quantitative estimate of drug-likeness (QED) is 0.780. The Labute approximate surface area is 161 Å². The topological polar surface area (TPSA) is 75.6 Å². The van der Waals surface area contributed by atoms with E-state index in [-0.39, 0.29) is 0 Å². The molecular formula is C19H26N4O3S. The number of aryl methyl sites for hydroxylation is 2. The van der Waals surface area contributed by atoms with Crippen LogP contribution < -0.4 is 9.64 Å². The van der Waals surface area contributed by atoms with Crippen LogP contribution in [0.4, 0.5) is 5.82 Å². The first-order chi connectivity index (χ1) is 12.9. The summed E-state index contributed by atoms with van der Waals surface area (Å²) in [7, 11) is -1.96. The molecule has 8 heteroatoms. The van der Waals surface area contributed by atoms with Crippen molar-refractivity contribution in [3.05, 3.63) is 41.9 Å². The van der Waals surface area contributed by atoms with Crippen LogP contribution in [0.2, 0.25) is 0 Å². The van der Waals surface area contributed by atoms with Crippen LogP contribution in [0.3, 0.4) is 0 Å². The fraction of sp³-hybridized carbons (Fsp3) is 0.474. The summed E-state index contributed by atoms with van der Waals surface area (Å²) in [5.41, 5.74) is 1.00. The highest BCUT2D eigenvalue weighted by Gasteiger charge is 2.27. The zero-order chi connectivity index (χ0) is 19.4. The van der Waals surface area contributed by atoms with Gasteiger partial charge in [-0.1, -0.05) is 6.92 Å². The second-order valence-electron chi connectivity index (χ2n) is 6.54. The molecule has 0 amide bonds. The van der Waals surface area contributed by atoms with Crippen LogP contribution in [0.15, 0.2) is 35.2 Å². The number of benzene rings is 1. The van der Waals surface area contributed by atoms with Gasteiger partial charge in [0, 0.05) is 37.9 Å². The predicted octanol–water partition coefficient (Wildman–Crippen LogP) is 2.26. The minimum Gasteiger partial charge on any atom is -0.497 e. The van der Waals surface area contributed by atoms with E-state index in [1.807, 2.05) is 13.0 Å². The van der Waals surface area contributed by atoms with Gasteiger partial charge in [-0.05, 0) is 44.0 Å². The molecule has 0 aliphatic carbocycles. The predicted molar refractivity (Wildman–Crippen MR) is 105 cm³/mol. The Morgan fingerprint density at radius 1 is 1.07 bits per heavy atom. The number of methoxy groups -OCH3 is 1. The summed E-state index contributed by atoms with van der Waals surface area (Å²) in [5.74, 6) is 2.27. The fourth-order valence-corrected chi connectivity index (χ4v) is 4.68. The first-order valence-corrected chi connectivity index (χ1v) is 10.6. The third-order valence-electron chi connectivity index (χ3n) is 4.72. The Balaban J connectivity index is 1.76. The third-order valence-corrected chi connectivity index (χ3v) is 6.63. The molecule has 1 saturated heterocycles. The van der Waals surface area contributed by atoms with Gasteiger partial charge in [-0.2, -0.15) is 4.31 Å². The molecule has 1 aromatic heterocycles. The molecule has 1 aliphatic heterocycles. The Hall–Kier alpha value is -2.19. The normalized spacial score (nSPS) is 16.2. The minimum atomic E-state index is -3.52. The molecule has 1 aromatic carbocycles. The minimum absolute atomic E-state index is 0.294. The van der Waals surface area contributed by atoms with E-state index in [1.165, 1.54) is 0 Å². The number of anilines is 1. The van der Waals surface area contributed by atoms with Crippen LogP contribution in [0.1, 0.15) is 24.9 Å². The Kier molecular flexibility index (Phi) is 5.96. The Morgan fingerprint density at radius 2 is 1.81 bits per heavy atom. The van der Waals surface area contributed by atoms with E-state index in [0.29, 0.717) is 30.3 Å². The number of rotatable bonds is 5. The van der Waals surface area contributed by atoms with E-state index in [2.05, 4.69) is 21.8 Å². The lowest BCUT2D eigenvalue weighted by molar-refractivity contribution is 0.413. The highest BCUT2D eigenvalue weighted by atomic mass is 32.2. The van der Waals surface area contributed by atoms with Gasteiger partial charge in [0.1, 0.15) is 17.4 Å². The summed E-state index contributed by atoms with van der Waals surface area (Å²) < 4.78 is 32.6. The molecule has 27 heavy (non-hydrogen) atoms. The van der Waals surface area contributed by atoms with Crippen molar-refractivity contribution in [1.29, 1.82) is 0 Å². The van der Waals surface area contributed by atoms with Crippen molar-refractivity contribution >= 4 is 15.8 Å². The van der Waals surface area contributed by atoms with E-state index < -0.39 is 10.0 Å². The van der Waals surface area contributed by atoms with Gasteiger partial charge in [0.25, 0.3) is 0 Å². The standard InChI is InChI=1S/C19H26N4O3S/c1-4-16-14-19(21-15(2)20-16)22-10-5-11-23(13-12-22)27(24,25)18-8-6-17(26-3)7-9-18/h6-9,14H,4-5,10-13H2,1-3H3. The first kappa shape index (κ1) is 19.6. The maximum absolute atomic E-state index is 13.0. The van der Waals surface area contributed by atoms with Crippen molar-refractivity contribution in [2.75, 3.05) is 38.2 Å². The molecule has 0 bridgehead atoms. The van der Waals surface area contributed by atoms with Crippen LogP contribution in [0.5, 0.6) is 5.75 Å². The molecule has 0 N–H and O–H groups in total. The maximum Gasteiger partial charge on any atom is 0.243 e. The van der Waals surface area contributed by atoms with Crippen molar-refractivity contribution in [2.45, 2.75) is 31.6 Å². The zero-order valence-electron chi connectivity index (χ0n) is 16.1. The Morgan fingerprint density at radius 3 is 2.48 bits per heavy atom. The van der Waals surface area contributed by atoms with Gasteiger partial charge < -0.3 is 9.64 Å². The second-order valence-corrected chi connectivity index (χ2v) is 8.48. The molecular weight excluding hydrogens is 364 g/mol. The number of sulfonamides is 1. The lowest BCUT2D eigenvalue weighted by atomic mass is 10.3. The number of hydrogen-bond acceptors (Lipinski definition) is 6. The molecule has 0 spiro atoms. The van der Waals surface area contributed by atoms with Gasteiger partial charge in [0.2, 0.25) is 10.0 Å². The summed E-state index contributed by atoms with van der Waals surface area (Å²) in [6, 6.07) is 8.54. The molecule has 0 unspecified atom stereocenters. The average Bonchev–Trinajstić information content (AvgIpc) is 2.94. The summed E-state index contributed by atoms with van der Waals surface area (Å²) in [5, 5.41) is 0. The van der Waals surface area contributed by atoms with Crippen LogP contribution >= 0.6 is 0 Å². The third kappa shape index (κ3) is 4.39. The van der Waals surface area contributed by atoms with Crippen molar-refractivity contribution in [3.8, 4) is 5.75 Å². The highest BCUT2D eigenvalue weighted by Crippen LogP contribution is 2.22. The van der Waals surface area contributed by atoms with Crippen LogP contribution in [-0.2, 0) is 16.4 Å². The van der Waals surface area contributed by atoms with Crippen molar-refractivity contribution in [1.82, 2.24) is 14.3 Å². The Bertz CT molecular complexity index is 884. The number of ether oxygens (including phenoxy) is 1. The van der Waals surface area contributed by atoms with Crippen LogP contribution in [0.25, 0.3) is 0 Å². The fourth-order valence-electron chi connectivity index (χ4n) is 3.22. The molecule has 2 heterocycles. The molecule has 0 radical (unpaired) electrons. The van der Waals surface area contributed by atoms with Crippen LogP contribution in [-0.4, -0.2) is 56.0 Å². The highest BCUT2D eigenvalue weighted by molar-refractivity contribution is 7.89. The van der Waals surface area contributed by atoms with Gasteiger partial charge in [0.05, 0.1) is 12.0 Å². The largest absolute Gasteiger partial charge is 0.497 e. The molecule has 3 rings (SSSR count). The summed E-state index contributed by atoms with van der Waals surface area (Å²) in [4.78, 5) is 11.4. The second kappa shape index (κ2) is 8.22. The van der Waals surface area contributed by atoms with E-state index in [1.54, 1.807) is 35.7 Å². The van der Waals surface area contributed by atoms with E-state index in [4.69, 9.17) is 4.74 Å². The SMILES string of the molecule is CCc1cc(N2CCCN(S(=O)(=O)c3ccc(OC)cc3)CC2)nc(C)n1. The number of hydrogen-bond donors (Lipinski definition) is 0. The van der Waals surface area contributed by atoms with Gasteiger partial charge in [-0.3, -0.25) is 0 Å². The average molecular weight is 391 g/mol. The number of aromatic nitrogens is 2. The van der Waals surface area contributed by atoms with Crippen molar-refractivity contribution in [3.63, 3.8) is 0 Å². The van der Waals surface area contributed by atoms with E-state index >= 15 is 0 Å². The molecule has 146 valence electrons. The lowest BCUT2D eigenvalue weighted by Gasteiger charge is -2.23. The molecule has 1 fully saturated rings. The first-order valence-electron chi connectivity index (χ1n) is 9.17. The molecule has 2 aromatic rings. The summed E-state index contributed by atoms with van der Waals surface area (Å²) in [6.45, 7) is 6.26. The van der Waals surface area contributed by atoms with Gasteiger partial charge in [-0.15, -0.1) is 0 Å². The zero-order valence-corrected chi connectivity index (χ0v) is 16.9. The smallest absolute Gasteiger partial charge is 0.243 e. The van der Waals surface area contributed by atoms with Crippen molar-refractivity contribution < 1.29 is 13.2 Å². The van der Waals surface area contributed by atoms with E-state index in [0.717, 1.165) is 36.7 Å². The van der Waals surface area contributed by atoms with Gasteiger partial charge >= 0.3 is 0 Å².